The average Bonchev–Trinajstić information content (AvgIpc) is 3.21. The molecule has 6 heteroatoms. The van der Waals surface area contributed by atoms with Crippen LogP contribution in [0.15, 0.2) is 109 Å². The van der Waals surface area contributed by atoms with Crippen LogP contribution in [0.2, 0.25) is 0 Å². The maximum absolute atomic E-state index is 2.52. The number of hydrogen-bond donors (Lipinski definition) is 0. The van der Waals surface area contributed by atoms with Gasteiger partial charge in [0.25, 0.3) is 0 Å². The van der Waals surface area contributed by atoms with Gasteiger partial charge >= 0.3 is 56.1 Å². The molecular formula is C27H18I4N2. The van der Waals surface area contributed by atoms with E-state index < -0.39 is 0 Å². The molecule has 0 saturated carbocycles. The number of benzene rings is 4. The summed E-state index contributed by atoms with van der Waals surface area (Å²) in [6.07, 6.45) is 0. The van der Waals surface area contributed by atoms with Crippen molar-refractivity contribution in [3.63, 3.8) is 0 Å². The minimum atomic E-state index is 0.530. The van der Waals surface area contributed by atoms with Crippen LogP contribution in [0.5, 0.6) is 0 Å². The van der Waals surface area contributed by atoms with E-state index in [2.05, 4.69) is 178 Å². The molecule has 0 atom stereocenters. The zero-order valence-corrected chi connectivity index (χ0v) is 25.9. The summed E-state index contributed by atoms with van der Waals surface area (Å²) in [6, 6.07) is 38.8. The van der Waals surface area contributed by atoms with Crippen LogP contribution in [-0.4, -0.2) is 4.57 Å². The van der Waals surface area contributed by atoms with Crippen molar-refractivity contribution in [1.82, 2.24) is 4.57 Å². The van der Waals surface area contributed by atoms with Gasteiger partial charge in [0, 0.05) is 10.9 Å². The van der Waals surface area contributed by atoms with E-state index in [0.29, 0.717) is 13.3 Å². The van der Waals surface area contributed by atoms with Crippen molar-refractivity contribution in [2.75, 3.05) is 0 Å². The number of fused-ring (bicyclic) bond motifs is 5. The summed E-state index contributed by atoms with van der Waals surface area (Å²) < 4.78 is 6.09. The summed E-state index contributed by atoms with van der Waals surface area (Å²) >= 11 is 7.82. The Hall–Kier alpha value is -0.990. The minimum Gasteiger partial charge on any atom is -0.188 e. The fourth-order valence-electron chi connectivity index (χ4n) is 4.42. The van der Waals surface area contributed by atoms with E-state index >= 15 is 0 Å². The first kappa shape index (κ1) is 23.7. The predicted octanol–water partition coefficient (Wildman–Crippen LogP) is 5.57. The number of nitrogens with zero attached hydrogens (tertiary/aromatic N) is 2. The molecule has 0 N–H and O–H groups in total. The van der Waals surface area contributed by atoms with Gasteiger partial charge in [0.1, 0.15) is 5.69 Å². The SMILES string of the molecule is I[I-]I.Ic1c(-c2ccccc2)[n+]2c3ccccc3n(-c3ccccc3)c2c2ccccc12. The van der Waals surface area contributed by atoms with Gasteiger partial charge in [-0.2, -0.15) is 8.97 Å². The van der Waals surface area contributed by atoms with E-state index in [0.717, 1.165) is 0 Å². The van der Waals surface area contributed by atoms with Gasteiger partial charge in [0.15, 0.2) is 16.7 Å². The average molecular weight is 878 g/mol. The van der Waals surface area contributed by atoms with Gasteiger partial charge in [0.2, 0.25) is 0 Å². The molecular weight excluding hydrogens is 860 g/mol. The maximum atomic E-state index is 2.52. The van der Waals surface area contributed by atoms with Gasteiger partial charge in [-0.05, 0) is 52.9 Å². The van der Waals surface area contributed by atoms with Gasteiger partial charge in [-0.3, -0.25) is 0 Å². The quantitative estimate of drug-likeness (QED) is 0.159. The van der Waals surface area contributed by atoms with E-state index in [1.807, 2.05) is 0 Å². The van der Waals surface area contributed by atoms with Crippen LogP contribution < -0.4 is 17.7 Å². The molecule has 2 aromatic heterocycles. The molecule has 0 aliphatic rings. The van der Waals surface area contributed by atoms with E-state index in [1.165, 1.54) is 48.0 Å². The molecule has 0 unspecified atom stereocenters. The van der Waals surface area contributed by atoms with Crippen LogP contribution in [0, 0.1) is 3.57 Å². The van der Waals surface area contributed by atoms with Gasteiger partial charge < -0.3 is 0 Å². The fraction of sp³-hybridized carbons (Fsp3) is 0. The Balaban J connectivity index is 0.000000724. The molecule has 0 aliphatic heterocycles. The molecule has 2 heterocycles. The third-order valence-corrected chi connectivity index (χ3v) is 6.78. The van der Waals surface area contributed by atoms with Crippen molar-refractivity contribution >= 4 is 87.3 Å². The second kappa shape index (κ2) is 10.7. The van der Waals surface area contributed by atoms with Gasteiger partial charge in [0.05, 0.1) is 8.96 Å². The molecule has 164 valence electrons. The third kappa shape index (κ3) is 4.40. The predicted molar refractivity (Wildman–Crippen MR) is 160 cm³/mol. The topological polar surface area (TPSA) is 9.03 Å². The monoisotopic (exact) mass is 878 g/mol. The van der Waals surface area contributed by atoms with Gasteiger partial charge in [-0.25, -0.2) is 0 Å². The normalized spacial score (nSPS) is 11.1. The summed E-state index contributed by atoms with van der Waals surface area (Å²) in [5.41, 5.74) is 7.22. The van der Waals surface area contributed by atoms with Crippen LogP contribution in [0.1, 0.15) is 0 Å². The summed E-state index contributed by atoms with van der Waals surface area (Å²) in [5.74, 6) is 0. The molecule has 0 fully saturated rings. The third-order valence-electron chi connectivity index (χ3n) is 5.68. The number of imidazole rings is 1. The van der Waals surface area contributed by atoms with Crippen molar-refractivity contribution in [1.29, 1.82) is 0 Å². The minimum absolute atomic E-state index is 0.530. The Morgan fingerprint density at radius 3 is 1.88 bits per heavy atom. The Morgan fingerprint density at radius 2 is 1.18 bits per heavy atom. The van der Waals surface area contributed by atoms with E-state index in [1.54, 1.807) is 0 Å². The Kier molecular flexibility index (Phi) is 7.72. The van der Waals surface area contributed by atoms with E-state index in [-0.39, 0.29) is 0 Å². The fourth-order valence-corrected chi connectivity index (χ4v) is 5.45. The molecule has 0 saturated heterocycles. The summed E-state index contributed by atoms with van der Waals surface area (Å²) in [4.78, 5) is 0. The summed E-state index contributed by atoms with van der Waals surface area (Å²) in [6.45, 7) is 0. The van der Waals surface area contributed by atoms with E-state index in [9.17, 15) is 0 Å². The number of para-hydroxylation sites is 3. The van der Waals surface area contributed by atoms with Crippen molar-refractivity contribution in [2.24, 2.45) is 0 Å². The number of hydrogen-bond acceptors (Lipinski definition) is 0. The maximum Gasteiger partial charge on any atom is 0.301 e. The van der Waals surface area contributed by atoms with Crippen molar-refractivity contribution in [2.45, 2.75) is 0 Å². The Bertz CT molecular complexity index is 1560. The molecule has 6 aromatic rings. The molecule has 33 heavy (non-hydrogen) atoms. The molecule has 2 nitrogen and oxygen atoms in total. The first-order chi connectivity index (χ1) is 16.3. The number of halogens is 4. The van der Waals surface area contributed by atoms with Crippen LogP contribution >= 0.6 is 59.8 Å². The van der Waals surface area contributed by atoms with Gasteiger partial charge in [-0.1, -0.05) is 78.9 Å². The summed E-state index contributed by atoms with van der Waals surface area (Å²) in [5, 5.41) is 2.53. The standard InChI is InChI=1S/C27H18IN2.I3/c28-25-21-15-7-8-16-22(21)27-29(20-13-5-2-6-14-20)23-17-9-10-18-24(23)30(27)26(25)19-11-3-1-4-12-19;1-3-2/h1-18H;/q+1;-1. The molecule has 0 spiro atoms. The molecule has 0 radical (unpaired) electrons. The van der Waals surface area contributed by atoms with Gasteiger partial charge in [-0.15, -0.1) is 0 Å². The number of rotatable bonds is 2. The van der Waals surface area contributed by atoms with Crippen molar-refractivity contribution < 1.29 is 17.7 Å². The molecule has 0 amide bonds. The molecule has 4 aromatic carbocycles. The molecule has 0 aliphatic carbocycles. The second-order valence-corrected chi connectivity index (χ2v) is 24.8. The zero-order chi connectivity index (χ0) is 22.8. The van der Waals surface area contributed by atoms with Crippen LogP contribution in [0.3, 0.4) is 0 Å². The first-order valence-electron chi connectivity index (χ1n) is 10.3. The summed E-state index contributed by atoms with van der Waals surface area (Å²) in [7, 11) is 0. The van der Waals surface area contributed by atoms with E-state index in [4.69, 9.17) is 0 Å². The van der Waals surface area contributed by atoms with Crippen LogP contribution in [-0.2, 0) is 0 Å². The van der Waals surface area contributed by atoms with Crippen molar-refractivity contribution in [3.05, 3.63) is 113 Å². The van der Waals surface area contributed by atoms with Crippen LogP contribution in [0.25, 0.3) is 44.4 Å². The van der Waals surface area contributed by atoms with Crippen LogP contribution in [0.4, 0.5) is 0 Å². The molecule has 0 bridgehead atoms. The Labute approximate surface area is 236 Å². The van der Waals surface area contributed by atoms with Crippen molar-refractivity contribution in [3.8, 4) is 16.9 Å². The Morgan fingerprint density at radius 1 is 0.636 bits per heavy atom. The second-order valence-electron chi connectivity index (χ2n) is 7.45. The number of aromatic nitrogens is 2. The zero-order valence-electron chi connectivity index (χ0n) is 17.3. The smallest absolute Gasteiger partial charge is 0.188 e. The molecule has 6 rings (SSSR count). The first-order valence-corrected chi connectivity index (χ1v) is 23.9. The largest absolute Gasteiger partial charge is 0.301 e. The number of pyridine rings is 1.